The predicted octanol–water partition coefficient (Wildman–Crippen LogP) is 5.27. The average Bonchev–Trinajstić information content (AvgIpc) is 2.81. The zero-order valence-electron chi connectivity index (χ0n) is 12.2. The van der Waals surface area contributed by atoms with Gasteiger partial charge in [-0.2, -0.15) is 0 Å². The molecule has 1 aromatic rings. The van der Waals surface area contributed by atoms with Crippen molar-refractivity contribution in [1.82, 2.24) is 5.32 Å². The highest BCUT2D eigenvalue weighted by Gasteiger charge is 2.51. The van der Waals surface area contributed by atoms with Crippen molar-refractivity contribution in [1.29, 1.82) is 0 Å². The molecule has 1 unspecified atom stereocenters. The van der Waals surface area contributed by atoms with Crippen molar-refractivity contribution in [2.75, 3.05) is 7.05 Å². The van der Waals surface area contributed by atoms with Gasteiger partial charge < -0.3 is 5.32 Å². The van der Waals surface area contributed by atoms with E-state index in [1.54, 1.807) is 11.3 Å². The number of hydrogen-bond acceptors (Lipinski definition) is 2. The van der Waals surface area contributed by atoms with Crippen LogP contribution in [0, 0.1) is 23.2 Å². The molecule has 0 aromatic carbocycles. The van der Waals surface area contributed by atoms with Crippen molar-refractivity contribution in [2.45, 2.75) is 51.0 Å². The van der Waals surface area contributed by atoms with E-state index in [9.17, 15) is 0 Å². The lowest BCUT2D eigenvalue weighted by atomic mass is 9.48. The van der Waals surface area contributed by atoms with Crippen LogP contribution in [-0.4, -0.2) is 7.05 Å². The molecule has 1 N–H and O–H groups in total. The van der Waals surface area contributed by atoms with Crippen molar-refractivity contribution in [3.63, 3.8) is 0 Å². The molecule has 4 saturated carbocycles. The van der Waals surface area contributed by atoms with Crippen molar-refractivity contribution in [2.24, 2.45) is 23.2 Å². The Kier molecular flexibility index (Phi) is 3.40. The van der Waals surface area contributed by atoms with Crippen LogP contribution in [0.25, 0.3) is 0 Å². The number of hydrogen-bond donors (Lipinski definition) is 1. The van der Waals surface area contributed by atoms with Gasteiger partial charge >= 0.3 is 0 Å². The van der Waals surface area contributed by atoms with E-state index < -0.39 is 0 Å². The van der Waals surface area contributed by atoms with Crippen LogP contribution in [0.3, 0.4) is 0 Å². The first-order valence-electron chi connectivity index (χ1n) is 8.08. The van der Waals surface area contributed by atoms with E-state index in [0.717, 1.165) is 22.1 Å². The van der Waals surface area contributed by atoms with Crippen molar-refractivity contribution in [3.05, 3.63) is 21.3 Å². The molecule has 1 heterocycles. The Hall–Kier alpha value is -0.0500. The molecule has 4 bridgehead atoms. The number of thiophene rings is 1. The lowest BCUT2D eigenvalue weighted by Crippen LogP contribution is -2.47. The SMILES string of the molecule is CNC(CC12CC3CC(CC(C3)C1)C2)c1ccc(Cl)s1. The molecule has 110 valence electrons. The molecule has 1 aromatic heterocycles. The van der Waals surface area contributed by atoms with Crippen LogP contribution in [0.15, 0.2) is 12.1 Å². The summed E-state index contributed by atoms with van der Waals surface area (Å²) in [5.74, 6) is 3.14. The first-order chi connectivity index (χ1) is 9.66. The predicted molar refractivity (Wildman–Crippen MR) is 86.4 cm³/mol. The lowest BCUT2D eigenvalue weighted by Gasteiger charge is -2.57. The Morgan fingerprint density at radius 2 is 1.80 bits per heavy atom. The molecule has 20 heavy (non-hydrogen) atoms. The zero-order valence-corrected chi connectivity index (χ0v) is 13.8. The zero-order chi connectivity index (χ0) is 13.7. The maximum absolute atomic E-state index is 6.13. The third-order valence-corrected chi connectivity index (χ3v) is 7.43. The van der Waals surface area contributed by atoms with Gasteiger partial charge in [0.2, 0.25) is 0 Å². The highest BCUT2D eigenvalue weighted by atomic mass is 35.5. The highest BCUT2D eigenvalue weighted by molar-refractivity contribution is 7.16. The van der Waals surface area contributed by atoms with E-state index >= 15 is 0 Å². The first kappa shape index (κ1) is 13.6. The molecule has 0 spiro atoms. The van der Waals surface area contributed by atoms with Gasteiger partial charge in [0.15, 0.2) is 0 Å². The fourth-order valence-corrected chi connectivity index (χ4v) is 7.00. The fraction of sp³-hybridized carbons (Fsp3) is 0.765. The summed E-state index contributed by atoms with van der Waals surface area (Å²) in [6.45, 7) is 0. The largest absolute Gasteiger partial charge is 0.312 e. The van der Waals surface area contributed by atoms with Crippen LogP contribution in [-0.2, 0) is 0 Å². The van der Waals surface area contributed by atoms with Crippen LogP contribution in [0.5, 0.6) is 0 Å². The van der Waals surface area contributed by atoms with Crippen LogP contribution in [0.2, 0.25) is 4.34 Å². The van der Waals surface area contributed by atoms with Gasteiger partial charge in [-0.25, -0.2) is 0 Å². The molecule has 0 aliphatic heterocycles. The van der Waals surface area contributed by atoms with Gasteiger partial charge in [-0.05, 0) is 87.3 Å². The van der Waals surface area contributed by atoms with Crippen LogP contribution in [0.1, 0.15) is 55.9 Å². The quantitative estimate of drug-likeness (QED) is 0.799. The first-order valence-corrected chi connectivity index (χ1v) is 9.28. The second-order valence-electron chi connectivity index (χ2n) is 7.60. The molecule has 5 rings (SSSR count). The average molecular weight is 310 g/mol. The third-order valence-electron chi connectivity index (χ3n) is 6.09. The Labute approximate surface area is 131 Å². The van der Waals surface area contributed by atoms with E-state index in [1.165, 1.54) is 49.8 Å². The number of rotatable bonds is 4. The summed E-state index contributed by atoms with van der Waals surface area (Å²) >= 11 is 7.88. The summed E-state index contributed by atoms with van der Waals surface area (Å²) < 4.78 is 0.922. The van der Waals surface area contributed by atoms with Gasteiger partial charge in [-0.1, -0.05) is 11.6 Å². The lowest BCUT2D eigenvalue weighted by molar-refractivity contribution is -0.0618. The van der Waals surface area contributed by atoms with Gasteiger partial charge in [-0.15, -0.1) is 11.3 Å². The molecule has 1 atom stereocenters. The second-order valence-corrected chi connectivity index (χ2v) is 9.35. The summed E-state index contributed by atoms with van der Waals surface area (Å²) in [6.07, 6.45) is 10.4. The molecule has 4 aliphatic rings. The summed E-state index contributed by atoms with van der Waals surface area (Å²) in [5, 5.41) is 3.56. The maximum atomic E-state index is 6.13. The maximum Gasteiger partial charge on any atom is 0.0931 e. The van der Waals surface area contributed by atoms with E-state index in [-0.39, 0.29) is 0 Å². The molecule has 0 radical (unpaired) electrons. The molecular formula is C17H24ClNS. The van der Waals surface area contributed by atoms with E-state index in [4.69, 9.17) is 11.6 Å². The molecule has 0 amide bonds. The minimum atomic E-state index is 0.503. The van der Waals surface area contributed by atoms with Gasteiger partial charge in [-0.3, -0.25) is 0 Å². The topological polar surface area (TPSA) is 12.0 Å². The normalized spacial score (nSPS) is 40.2. The Balaban J connectivity index is 1.55. The minimum absolute atomic E-state index is 0.503. The number of halogens is 1. The summed E-state index contributed by atoms with van der Waals surface area (Å²) in [7, 11) is 2.11. The standard InChI is InChI=1S/C17H24ClNS/c1-19-14(15-2-3-16(18)20-15)10-17-7-11-4-12(8-17)6-13(5-11)9-17/h2-3,11-14,19H,4-10H2,1H3. The molecule has 1 nitrogen and oxygen atoms in total. The monoisotopic (exact) mass is 309 g/mol. The van der Waals surface area contributed by atoms with Crippen molar-refractivity contribution < 1.29 is 0 Å². The van der Waals surface area contributed by atoms with Gasteiger partial charge in [0.05, 0.1) is 4.34 Å². The third kappa shape index (κ3) is 2.34. The van der Waals surface area contributed by atoms with Gasteiger partial charge in [0, 0.05) is 10.9 Å². The van der Waals surface area contributed by atoms with Crippen LogP contribution < -0.4 is 5.32 Å². The molecular weight excluding hydrogens is 286 g/mol. The van der Waals surface area contributed by atoms with E-state index in [2.05, 4.69) is 18.4 Å². The molecule has 0 saturated heterocycles. The Morgan fingerprint density at radius 3 is 2.25 bits per heavy atom. The van der Waals surface area contributed by atoms with Gasteiger partial charge in [0.25, 0.3) is 0 Å². The van der Waals surface area contributed by atoms with Crippen LogP contribution >= 0.6 is 22.9 Å². The Morgan fingerprint density at radius 1 is 1.20 bits per heavy atom. The molecule has 3 heteroatoms. The smallest absolute Gasteiger partial charge is 0.0931 e. The highest BCUT2D eigenvalue weighted by Crippen LogP contribution is 2.62. The minimum Gasteiger partial charge on any atom is -0.312 e. The van der Waals surface area contributed by atoms with Crippen molar-refractivity contribution in [3.8, 4) is 0 Å². The summed E-state index contributed by atoms with van der Waals surface area (Å²) in [4.78, 5) is 1.42. The van der Waals surface area contributed by atoms with Crippen molar-refractivity contribution >= 4 is 22.9 Å². The van der Waals surface area contributed by atoms with Gasteiger partial charge in [0.1, 0.15) is 0 Å². The number of nitrogens with one attached hydrogen (secondary N) is 1. The second kappa shape index (κ2) is 5.00. The fourth-order valence-electron chi connectivity index (χ4n) is 5.83. The van der Waals surface area contributed by atoms with Crippen LogP contribution in [0.4, 0.5) is 0 Å². The molecule has 4 aliphatic carbocycles. The Bertz CT molecular complexity index is 460. The van der Waals surface area contributed by atoms with E-state index in [0.29, 0.717) is 11.5 Å². The summed E-state index contributed by atoms with van der Waals surface area (Å²) in [6, 6.07) is 4.77. The summed E-state index contributed by atoms with van der Waals surface area (Å²) in [5.41, 5.74) is 0.638. The van der Waals surface area contributed by atoms with E-state index in [1.807, 2.05) is 6.07 Å². The molecule has 4 fully saturated rings.